The molecule has 0 saturated heterocycles. The number of hydrogen-bond donors (Lipinski definition) is 0. The molecule has 3 rings (SSSR count). The topological polar surface area (TPSA) is 9.23 Å². The number of benzene rings is 3. The van der Waals surface area contributed by atoms with Crippen LogP contribution in [0.1, 0.15) is 6.42 Å². The molecule has 122 valence electrons. The summed E-state index contributed by atoms with van der Waals surface area (Å²) in [5, 5.41) is 3.73. The van der Waals surface area contributed by atoms with E-state index in [1.165, 1.54) is 15.9 Å². The van der Waals surface area contributed by atoms with E-state index in [9.17, 15) is 0 Å². The second-order valence-corrected chi connectivity index (χ2v) is 8.94. The van der Waals surface area contributed by atoms with E-state index in [0.29, 0.717) is 6.61 Å². The summed E-state index contributed by atoms with van der Waals surface area (Å²) in [6.07, 6.45) is 0.892. The molecule has 0 fully saturated rings. The first kappa shape index (κ1) is 17.2. The fraction of sp³-hybridized carbons (Fsp3) is 0.143. The number of rotatable bonds is 7. The first-order valence-corrected chi connectivity index (χ1v) is 10.4. The van der Waals surface area contributed by atoms with Crippen LogP contribution in [0.3, 0.4) is 0 Å². The van der Waals surface area contributed by atoms with Crippen molar-refractivity contribution in [3.63, 3.8) is 0 Å². The Labute approximate surface area is 150 Å². The average molecular weight is 352 g/mol. The van der Waals surface area contributed by atoms with Gasteiger partial charge in [0.25, 0.3) is 0 Å². The Kier molecular flexibility index (Phi) is 6.09. The molecule has 0 saturated carbocycles. The van der Waals surface area contributed by atoms with E-state index in [0.717, 1.165) is 12.2 Å². The molecule has 0 aliphatic rings. The molecule has 0 spiro atoms. The summed E-state index contributed by atoms with van der Waals surface area (Å²) in [5.41, 5.74) is 0. The summed E-state index contributed by atoms with van der Waals surface area (Å²) in [4.78, 5) is 0. The van der Waals surface area contributed by atoms with E-state index >= 15 is 0 Å². The highest BCUT2D eigenvalue weighted by Gasteiger charge is 2.47. The lowest BCUT2D eigenvalue weighted by molar-refractivity contribution is 0.356. The lowest BCUT2D eigenvalue weighted by Crippen LogP contribution is -2.33. The summed E-state index contributed by atoms with van der Waals surface area (Å²) in [6, 6.07) is 31.8. The first-order valence-electron chi connectivity index (χ1n) is 8.16. The maximum absolute atomic E-state index is 6.67. The molecule has 0 bridgehead atoms. The molecule has 3 aromatic carbocycles. The van der Waals surface area contributed by atoms with Crippen LogP contribution >= 0.6 is 7.49 Å². The van der Waals surface area contributed by atoms with Crippen LogP contribution < -0.4 is 15.9 Å². The van der Waals surface area contributed by atoms with Crippen molar-refractivity contribution in [3.05, 3.63) is 91.0 Å². The molecule has 0 aromatic heterocycles. The van der Waals surface area contributed by atoms with Gasteiger partial charge >= 0.3 is 0 Å². The SMILES string of the molecule is [S-]CCCO[P+](c1ccccc1)(c1ccccc1)c1ccccc1. The third kappa shape index (κ3) is 3.57. The van der Waals surface area contributed by atoms with Crippen LogP contribution in [0, 0.1) is 0 Å². The van der Waals surface area contributed by atoms with Gasteiger partial charge in [0.2, 0.25) is 7.49 Å². The molecule has 0 aliphatic heterocycles. The van der Waals surface area contributed by atoms with Crippen molar-refractivity contribution in [1.82, 2.24) is 0 Å². The predicted molar refractivity (Wildman–Crippen MR) is 108 cm³/mol. The normalized spacial score (nSPS) is 11.4. The Hall–Kier alpha value is -1.60. The van der Waals surface area contributed by atoms with Crippen molar-refractivity contribution in [1.29, 1.82) is 0 Å². The minimum atomic E-state index is -2.13. The zero-order valence-electron chi connectivity index (χ0n) is 13.5. The van der Waals surface area contributed by atoms with Gasteiger partial charge in [-0.3, -0.25) is 0 Å². The molecule has 0 unspecified atom stereocenters. The highest BCUT2D eigenvalue weighted by Crippen LogP contribution is 2.56. The van der Waals surface area contributed by atoms with Gasteiger partial charge in [0.1, 0.15) is 15.9 Å². The maximum Gasteiger partial charge on any atom is 0.242 e. The lowest BCUT2D eigenvalue weighted by atomic mass is 10.4. The molecule has 0 amide bonds. The molecule has 0 heterocycles. The standard InChI is InChI=1S/C21H21OPS/c24-18-10-17-22-23(19-11-4-1-5-12-19,20-13-6-2-7-14-20)21-15-8-3-9-16-21/h1-9,11-16H,10,17-18H2. The molecule has 0 aliphatic carbocycles. The van der Waals surface area contributed by atoms with Crippen LogP contribution in [0.4, 0.5) is 0 Å². The van der Waals surface area contributed by atoms with Gasteiger partial charge in [-0.1, -0.05) is 54.6 Å². The summed E-state index contributed by atoms with van der Waals surface area (Å²) in [5.74, 6) is 0.721. The Morgan fingerprint density at radius 3 is 1.33 bits per heavy atom. The van der Waals surface area contributed by atoms with E-state index in [-0.39, 0.29) is 0 Å². The van der Waals surface area contributed by atoms with E-state index in [1.54, 1.807) is 0 Å². The van der Waals surface area contributed by atoms with Crippen LogP contribution in [0.5, 0.6) is 0 Å². The Morgan fingerprint density at radius 2 is 1.00 bits per heavy atom. The number of hydrogen-bond acceptors (Lipinski definition) is 2. The zero-order valence-corrected chi connectivity index (χ0v) is 15.3. The average Bonchev–Trinajstić information content (AvgIpc) is 2.68. The molecule has 0 N–H and O–H groups in total. The van der Waals surface area contributed by atoms with Crippen LogP contribution in [0.25, 0.3) is 0 Å². The van der Waals surface area contributed by atoms with Gasteiger partial charge < -0.3 is 12.6 Å². The predicted octanol–water partition coefficient (Wildman–Crippen LogP) is 3.85. The largest absolute Gasteiger partial charge is 0.793 e. The molecule has 3 heteroatoms. The van der Waals surface area contributed by atoms with E-state index in [4.69, 9.17) is 17.2 Å². The Bertz CT molecular complexity index is 635. The van der Waals surface area contributed by atoms with Gasteiger partial charge in [0, 0.05) is 0 Å². The summed E-state index contributed by atoms with van der Waals surface area (Å²) in [6.45, 7) is 0.677. The Morgan fingerprint density at radius 1 is 0.625 bits per heavy atom. The van der Waals surface area contributed by atoms with Crippen LogP contribution in [-0.4, -0.2) is 12.4 Å². The van der Waals surface area contributed by atoms with Gasteiger partial charge in [-0.2, -0.15) is 5.75 Å². The van der Waals surface area contributed by atoms with Crippen molar-refractivity contribution >= 4 is 36.0 Å². The van der Waals surface area contributed by atoms with Gasteiger partial charge in [-0.05, 0) is 42.8 Å². The summed E-state index contributed by atoms with van der Waals surface area (Å²) in [7, 11) is -2.13. The molecule has 0 radical (unpaired) electrons. The highest BCUT2D eigenvalue weighted by atomic mass is 32.1. The summed E-state index contributed by atoms with van der Waals surface area (Å²) >= 11 is 5.12. The quantitative estimate of drug-likeness (QED) is 0.363. The van der Waals surface area contributed by atoms with E-state index in [2.05, 4.69) is 91.0 Å². The molecule has 0 atom stereocenters. The second-order valence-electron chi connectivity index (χ2n) is 5.51. The van der Waals surface area contributed by atoms with Crippen molar-refractivity contribution < 1.29 is 4.52 Å². The lowest BCUT2D eigenvalue weighted by Gasteiger charge is -2.26. The maximum atomic E-state index is 6.67. The van der Waals surface area contributed by atoms with Crippen LogP contribution in [0.2, 0.25) is 0 Å². The van der Waals surface area contributed by atoms with E-state index < -0.39 is 7.49 Å². The monoisotopic (exact) mass is 352 g/mol. The van der Waals surface area contributed by atoms with Crippen molar-refractivity contribution in [2.24, 2.45) is 0 Å². The van der Waals surface area contributed by atoms with Crippen LogP contribution in [-0.2, 0) is 17.2 Å². The van der Waals surface area contributed by atoms with Gasteiger partial charge in [-0.25, -0.2) is 4.52 Å². The molecular weight excluding hydrogens is 331 g/mol. The minimum absolute atomic E-state index is 0.677. The fourth-order valence-corrected chi connectivity index (χ4v) is 6.48. The van der Waals surface area contributed by atoms with Gasteiger partial charge in [-0.15, -0.1) is 0 Å². The van der Waals surface area contributed by atoms with E-state index in [1.807, 2.05) is 0 Å². The molecule has 1 nitrogen and oxygen atoms in total. The third-order valence-corrected chi connectivity index (χ3v) is 7.87. The zero-order chi connectivity index (χ0) is 16.7. The molecule has 3 aromatic rings. The molecule has 24 heavy (non-hydrogen) atoms. The van der Waals surface area contributed by atoms with Crippen molar-refractivity contribution in [2.75, 3.05) is 12.4 Å². The smallest absolute Gasteiger partial charge is 0.242 e. The minimum Gasteiger partial charge on any atom is -0.793 e. The first-order chi connectivity index (χ1) is 11.9. The highest BCUT2D eigenvalue weighted by molar-refractivity contribution is 7.91. The van der Waals surface area contributed by atoms with Crippen molar-refractivity contribution in [2.45, 2.75) is 6.42 Å². The second kappa shape index (κ2) is 8.48. The van der Waals surface area contributed by atoms with Gasteiger partial charge in [0.15, 0.2) is 0 Å². The van der Waals surface area contributed by atoms with Crippen LogP contribution in [0.15, 0.2) is 91.0 Å². The Balaban J connectivity index is 2.20. The third-order valence-electron chi connectivity index (χ3n) is 3.93. The van der Waals surface area contributed by atoms with Gasteiger partial charge in [0.05, 0.1) is 6.61 Å². The summed E-state index contributed by atoms with van der Waals surface area (Å²) < 4.78 is 6.67. The molecular formula is C21H21OPS. The van der Waals surface area contributed by atoms with Crippen molar-refractivity contribution in [3.8, 4) is 0 Å². The fourth-order valence-electron chi connectivity index (χ4n) is 2.84.